The van der Waals surface area contributed by atoms with Crippen molar-refractivity contribution >= 4 is 21.6 Å². The second-order valence-corrected chi connectivity index (χ2v) is 4.08. The number of nitrogens with zero attached hydrogens (tertiary/aromatic N) is 1. The Morgan fingerprint density at radius 1 is 1.40 bits per heavy atom. The maximum atomic E-state index is 12.2. The van der Waals surface area contributed by atoms with E-state index in [-0.39, 0.29) is 6.54 Å². The molecule has 1 nitrogen and oxygen atoms in total. The van der Waals surface area contributed by atoms with E-state index in [9.17, 15) is 8.78 Å². The van der Waals surface area contributed by atoms with Crippen LogP contribution in [0.1, 0.15) is 11.1 Å². The SMILES string of the molecule is Cc1cc(N(C)CC(F)F)ccc1CBr. The third-order valence-electron chi connectivity index (χ3n) is 2.32. The summed E-state index contributed by atoms with van der Waals surface area (Å²) in [6.07, 6.45) is -2.30. The molecule has 0 atom stereocenters. The molecule has 84 valence electrons. The molecule has 1 aromatic rings. The smallest absolute Gasteiger partial charge is 0.255 e. The topological polar surface area (TPSA) is 3.24 Å². The zero-order valence-electron chi connectivity index (χ0n) is 8.80. The highest BCUT2D eigenvalue weighted by atomic mass is 79.9. The molecular weight excluding hydrogens is 264 g/mol. The fraction of sp³-hybridized carbons (Fsp3) is 0.455. The van der Waals surface area contributed by atoms with Crippen LogP contribution in [0.4, 0.5) is 14.5 Å². The second-order valence-electron chi connectivity index (χ2n) is 3.52. The lowest BCUT2D eigenvalue weighted by atomic mass is 10.1. The van der Waals surface area contributed by atoms with Crippen LogP contribution >= 0.6 is 15.9 Å². The molecule has 0 aliphatic heterocycles. The lowest BCUT2D eigenvalue weighted by Crippen LogP contribution is -2.24. The summed E-state index contributed by atoms with van der Waals surface area (Å²) in [7, 11) is 1.68. The van der Waals surface area contributed by atoms with Crippen LogP contribution < -0.4 is 4.90 Å². The molecule has 0 aromatic heterocycles. The second kappa shape index (κ2) is 5.45. The summed E-state index contributed by atoms with van der Waals surface area (Å²) in [6, 6.07) is 5.76. The van der Waals surface area contributed by atoms with Crippen LogP contribution in [0.25, 0.3) is 0 Å². The molecular formula is C11H14BrF2N. The van der Waals surface area contributed by atoms with E-state index >= 15 is 0 Å². The van der Waals surface area contributed by atoms with Gasteiger partial charge < -0.3 is 4.90 Å². The lowest BCUT2D eigenvalue weighted by molar-refractivity contribution is 0.156. The first kappa shape index (κ1) is 12.4. The number of hydrogen-bond acceptors (Lipinski definition) is 1. The highest BCUT2D eigenvalue weighted by Crippen LogP contribution is 2.20. The Bertz CT molecular complexity index is 328. The van der Waals surface area contributed by atoms with Crippen LogP contribution in [-0.4, -0.2) is 20.0 Å². The van der Waals surface area contributed by atoms with Crippen molar-refractivity contribution < 1.29 is 8.78 Å². The summed E-state index contributed by atoms with van der Waals surface area (Å²) in [5.74, 6) is 0. The molecule has 0 aliphatic carbocycles. The van der Waals surface area contributed by atoms with Gasteiger partial charge >= 0.3 is 0 Å². The quantitative estimate of drug-likeness (QED) is 0.761. The normalized spacial score (nSPS) is 10.8. The van der Waals surface area contributed by atoms with E-state index in [1.807, 2.05) is 25.1 Å². The van der Waals surface area contributed by atoms with Crippen LogP contribution in [-0.2, 0) is 5.33 Å². The molecule has 15 heavy (non-hydrogen) atoms. The monoisotopic (exact) mass is 277 g/mol. The first-order chi connectivity index (χ1) is 7.04. The van der Waals surface area contributed by atoms with Crippen molar-refractivity contribution in [2.75, 3.05) is 18.5 Å². The largest absolute Gasteiger partial charge is 0.369 e. The summed E-state index contributed by atoms with van der Waals surface area (Å²) in [6.45, 7) is 1.75. The third-order valence-corrected chi connectivity index (χ3v) is 2.93. The van der Waals surface area contributed by atoms with Gasteiger partial charge in [-0.15, -0.1) is 0 Å². The molecule has 0 unspecified atom stereocenters. The van der Waals surface area contributed by atoms with E-state index in [1.165, 1.54) is 5.56 Å². The van der Waals surface area contributed by atoms with E-state index in [0.717, 1.165) is 16.6 Å². The minimum absolute atomic E-state index is 0.229. The van der Waals surface area contributed by atoms with Crippen LogP contribution in [0, 0.1) is 6.92 Å². The number of benzene rings is 1. The predicted octanol–water partition coefficient (Wildman–Crippen LogP) is 3.59. The first-order valence-electron chi connectivity index (χ1n) is 4.69. The molecule has 1 rings (SSSR count). The summed E-state index contributed by atoms with van der Waals surface area (Å²) < 4.78 is 24.3. The van der Waals surface area contributed by atoms with E-state index in [0.29, 0.717) is 0 Å². The van der Waals surface area contributed by atoms with Gasteiger partial charge in [0.05, 0.1) is 6.54 Å². The number of halogens is 3. The van der Waals surface area contributed by atoms with Gasteiger partial charge in [0.1, 0.15) is 0 Å². The van der Waals surface area contributed by atoms with E-state index in [2.05, 4.69) is 15.9 Å². The van der Waals surface area contributed by atoms with Crippen molar-refractivity contribution in [1.29, 1.82) is 0 Å². The van der Waals surface area contributed by atoms with Gasteiger partial charge in [-0.05, 0) is 30.2 Å². The van der Waals surface area contributed by atoms with Crippen LogP contribution in [0.15, 0.2) is 18.2 Å². The van der Waals surface area contributed by atoms with Crippen LogP contribution in [0.5, 0.6) is 0 Å². The van der Waals surface area contributed by atoms with Gasteiger partial charge in [0.15, 0.2) is 0 Å². The average Bonchev–Trinajstić information content (AvgIpc) is 2.16. The highest BCUT2D eigenvalue weighted by molar-refractivity contribution is 9.08. The summed E-state index contributed by atoms with van der Waals surface area (Å²) in [4.78, 5) is 1.57. The van der Waals surface area contributed by atoms with Crippen molar-refractivity contribution in [2.45, 2.75) is 18.7 Å². The molecule has 4 heteroatoms. The molecule has 0 N–H and O–H groups in total. The lowest BCUT2D eigenvalue weighted by Gasteiger charge is -2.19. The molecule has 0 aliphatic rings. The van der Waals surface area contributed by atoms with Crippen molar-refractivity contribution in [1.82, 2.24) is 0 Å². The molecule has 0 spiro atoms. The zero-order valence-corrected chi connectivity index (χ0v) is 10.4. The fourth-order valence-electron chi connectivity index (χ4n) is 1.38. The number of anilines is 1. The van der Waals surface area contributed by atoms with Crippen LogP contribution in [0.3, 0.4) is 0 Å². The summed E-state index contributed by atoms with van der Waals surface area (Å²) in [5.41, 5.74) is 3.13. The van der Waals surface area contributed by atoms with Crippen molar-refractivity contribution in [3.05, 3.63) is 29.3 Å². The molecule has 1 aromatic carbocycles. The number of alkyl halides is 3. The van der Waals surface area contributed by atoms with Gasteiger partial charge in [0.25, 0.3) is 6.43 Å². The number of hydrogen-bond donors (Lipinski definition) is 0. The van der Waals surface area contributed by atoms with Gasteiger partial charge in [-0.25, -0.2) is 8.78 Å². The molecule has 0 amide bonds. The van der Waals surface area contributed by atoms with Gasteiger partial charge in [-0.2, -0.15) is 0 Å². The van der Waals surface area contributed by atoms with E-state index in [4.69, 9.17) is 0 Å². The van der Waals surface area contributed by atoms with Crippen molar-refractivity contribution in [2.24, 2.45) is 0 Å². The molecule has 0 saturated heterocycles. The first-order valence-corrected chi connectivity index (χ1v) is 5.81. The predicted molar refractivity (Wildman–Crippen MR) is 63.1 cm³/mol. The zero-order chi connectivity index (χ0) is 11.4. The Labute approximate surface area is 97.2 Å². The standard InChI is InChI=1S/C11H14BrF2N/c1-8-5-10(4-3-9(8)6-12)15(2)7-11(13)14/h3-5,11H,6-7H2,1-2H3. The minimum Gasteiger partial charge on any atom is -0.369 e. The minimum atomic E-state index is -2.30. The average molecular weight is 278 g/mol. The summed E-state index contributed by atoms with van der Waals surface area (Å²) >= 11 is 3.38. The van der Waals surface area contributed by atoms with Gasteiger partial charge in [0, 0.05) is 18.1 Å². The molecule has 0 fully saturated rings. The Hall–Kier alpha value is -0.640. The van der Waals surface area contributed by atoms with E-state index in [1.54, 1.807) is 11.9 Å². The molecule has 0 bridgehead atoms. The Morgan fingerprint density at radius 3 is 2.53 bits per heavy atom. The maximum absolute atomic E-state index is 12.2. The van der Waals surface area contributed by atoms with Gasteiger partial charge in [-0.3, -0.25) is 0 Å². The van der Waals surface area contributed by atoms with E-state index < -0.39 is 6.43 Å². The van der Waals surface area contributed by atoms with Gasteiger partial charge in [-0.1, -0.05) is 22.0 Å². The molecule has 0 heterocycles. The Balaban J connectivity index is 2.82. The highest BCUT2D eigenvalue weighted by Gasteiger charge is 2.09. The van der Waals surface area contributed by atoms with Crippen LogP contribution in [0.2, 0.25) is 0 Å². The van der Waals surface area contributed by atoms with Crippen molar-refractivity contribution in [3.63, 3.8) is 0 Å². The van der Waals surface area contributed by atoms with Gasteiger partial charge in [0.2, 0.25) is 0 Å². The summed E-state index contributed by atoms with van der Waals surface area (Å²) in [5, 5.41) is 0.789. The maximum Gasteiger partial charge on any atom is 0.255 e. The third kappa shape index (κ3) is 3.45. The number of rotatable bonds is 4. The Morgan fingerprint density at radius 2 is 2.07 bits per heavy atom. The molecule has 0 saturated carbocycles. The fourth-order valence-corrected chi connectivity index (χ4v) is 2.01. The van der Waals surface area contributed by atoms with Crippen molar-refractivity contribution in [3.8, 4) is 0 Å². The Kier molecular flexibility index (Phi) is 4.51. The molecule has 0 radical (unpaired) electrons. The number of aryl methyl sites for hydroxylation is 1.